The molecule has 0 aliphatic heterocycles. The van der Waals surface area contributed by atoms with Crippen molar-refractivity contribution in [2.45, 2.75) is 39.5 Å². The van der Waals surface area contributed by atoms with E-state index in [1.54, 1.807) is 12.3 Å². The van der Waals surface area contributed by atoms with Gasteiger partial charge in [-0.2, -0.15) is 0 Å². The first-order chi connectivity index (χ1) is 6.70. The number of hydrogen-bond donors (Lipinski definition) is 0. The maximum absolute atomic E-state index is 2.49. The molecule has 0 N–H and O–H groups in total. The summed E-state index contributed by atoms with van der Waals surface area (Å²) in [5.41, 5.74) is 0. The van der Waals surface area contributed by atoms with Crippen LogP contribution in [-0.4, -0.2) is 38.0 Å². The Morgan fingerprint density at radius 2 is 0.938 bits per heavy atom. The van der Waals surface area contributed by atoms with Crippen LogP contribution in [-0.2, 0) is 0 Å². The maximum atomic E-state index is 2.49. The predicted octanol–water partition coefficient (Wildman–Crippen LogP) is 5.97. The molecule has 0 saturated heterocycles. The van der Waals surface area contributed by atoms with Crippen molar-refractivity contribution in [2.75, 3.05) is 38.0 Å². The summed E-state index contributed by atoms with van der Waals surface area (Å²) < 4.78 is 0. The number of unbranched alkanes of at least 4 members (excludes halogenated alkanes) is 2. The lowest BCUT2D eigenvalue weighted by Crippen LogP contribution is -1.96. The van der Waals surface area contributed by atoms with Crippen LogP contribution in [0.2, 0.25) is 0 Å². The van der Waals surface area contributed by atoms with Gasteiger partial charge in [-0.25, -0.2) is 0 Å². The molecule has 0 aliphatic rings. The van der Waals surface area contributed by atoms with Crippen molar-refractivity contribution in [3.63, 3.8) is 0 Å². The van der Waals surface area contributed by atoms with Gasteiger partial charge in [0.2, 0.25) is 0 Å². The Balaban J connectivity index is -0.000000845. The van der Waals surface area contributed by atoms with Crippen LogP contribution in [0.1, 0.15) is 39.5 Å². The second-order valence-corrected chi connectivity index (χ2v) is 9.53. The van der Waals surface area contributed by atoms with Gasteiger partial charge in [-0.15, -0.1) is 49.8 Å². The summed E-state index contributed by atoms with van der Waals surface area (Å²) in [6, 6.07) is 0. The number of halogens is 2. The Morgan fingerprint density at radius 1 is 0.625 bits per heavy atom. The van der Waals surface area contributed by atoms with Crippen molar-refractivity contribution >= 4 is 49.8 Å². The van der Waals surface area contributed by atoms with Crippen LogP contribution in [0.3, 0.4) is 0 Å². The number of hydrogen-bond acceptors (Lipinski definition) is 0. The topological polar surface area (TPSA) is 0 Å². The summed E-state index contributed by atoms with van der Waals surface area (Å²) in [6.07, 6.45) is 11.8. The summed E-state index contributed by atoms with van der Waals surface area (Å²) in [6.45, 7) is 9.59. The molecule has 0 aromatic carbocycles. The molecule has 0 spiro atoms. The zero-order chi connectivity index (χ0) is 10.8. The molecule has 4 heteroatoms. The van der Waals surface area contributed by atoms with E-state index < -0.39 is 0 Å². The summed E-state index contributed by atoms with van der Waals surface area (Å²) in [4.78, 5) is 0. The van der Waals surface area contributed by atoms with Gasteiger partial charge in [-0.05, 0) is 50.8 Å². The number of rotatable bonds is 9. The van der Waals surface area contributed by atoms with E-state index in [2.05, 4.69) is 27.2 Å². The molecule has 16 heavy (non-hydrogen) atoms. The largest absolute Gasteiger partial charge is 0.114 e. The molecule has 0 aliphatic carbocycles. The van der Waals surface area contributed by atoms with E-state index in [1.165, 1.54) is 38.0 Å². The third kappa shape index (κ3) is 15.8. The highest BCUT2D eigenvalue weighted by Gasteiger charge is 2.04. The Hall–Kier alpha value is 1.82. The van der Waals surface area contributed by atoms with Crippen molar-refractivity contribution in [3.05, 3.63) is 0 Å². The van der Waals surface area contributed by atoms with E-state index in [9.17, 15) is 0 Å². The lowest BCUT2D eigenvalue weighted by Gasteiger charge is -2.16. The molecule has 2 unspecified atom stereocenters. The van der Waals surface area contributed by atoms with Crippen molar-refractivity contribution in [1.29, 1.82) is 0 Å². The van der Waals surface area contributed by atoms with Gasteiger partial charge in [0.1, 0.15) is 0 Å². The Kier molecular flexibility index (Phi) is 24.1. The lowest BCUT2D eigenvalue weighted by molar-refractivity contribution is 0.888. The molecule has 0 fully saturated rings. The van der Waals surface area contributed by atoms with Crippen molar-refractivity contribution < 1.29 is 0 Å². The zero-order valence-electron chi connectivity index (χ0n) is 11.4. The molecule has 2 atom stereocenters. The summed E-state index contributed by atoms with van der Waals surface area (Å²) in [5, 5.41) is 0. The van der Waals surface area contributed by atoms with Gasteiger partial charge in [0, 0.05) is 0 Å². The van der Waals surface area contributed by atoms with E-state index >= 15 is 0 Å². The van der Waals surface area contributed by atoms with Crippen LogP contribution in [0, 0.1) is 0 Å². The van der Waals surface area contributed by atoms with Gasteiger partial charge < -0.3 is 0 Å². The molecule has 0 saturated carbocycles. The van der Waals surface area contributed by atoms with Gasteiger partial charge >= 0.3 is 0 Å². The molecule has 0 rings (SSSR count). The fourth-order valence-corrected chi connectivity index (χ4v) is 6.31. The van der Waals surface area contributed by atoms with Crippen LogP contribution >= 0.6 is 49.8 Å². The highest BCUT2D eigenvalue weighted by atomic mass is 79.9. The molecular weight excluding hydrogens is 366 g/mol. The van der Waals surface area contributed by atoms with Crippen molar-refractivity contribution in [1.82, 2.24) is 0 Å². The van der Waals surface area contributed by atoms with Crippen molar-refractivity contribution in [2.24, 2.45) is 0 Å². The summed E-state index contributed by atoms with van der Waals surface area (Å²) >= 11 is 0. The molecule has 0 heterocycles. The molecule has 102 valence electrons. The van der Waals surface area contributed by atoms with Gasteiger partial charge in [0.05, 0.1) is 0 Å². The highest BCUT2D eigenvalue weighted by Crippen LogP contribution is 2.39. The van der Waals surface area contributed by atoms with E-state index in [0.717, 1.165) is 0 Å². The molecule has 0 radical (unpaired) electrons. The first-order valence-corrected chi connectivity index (χ1v) is 10.4. The SMILES string of the molecule is Br.Br.CCCCP(C)CCP(C)CCCC. The van der Waals surface area contributed by atoms with Gasteiger partial charge in [-0.3, -0.25) is 0 Å². The second-order valence-electron chi connectivity index (χ2n) is 4.31. The fourth-order valence-electron chi connectivity index (χ4n) is 1.42. The Labute approximate surface area is 127 Å². The van der Waals surface area contributed by atoms with E-state index in [0.29, 0.717) is 15.8 Å². The van der Waals surface area contributed by atoms with E-state index in [1.807, 2.05) is 0 Å². The molecule has 0 amide bonds. The minimum Gasteiger partial charge on any atom is -0.114 e. The molecular formula is C12H30Br2P2. The van der Waals surface area contributed by atoms with Crippen LogP contribution in [0.5, 0.6) is 0 Å². The van der Waals surface area contributed by atoms with Crippen LogP contribution in [0.15, 0.2) is 0 Å². The first-order valence-electron chi connectivity index (χ1n) is 6.07. The standard InChI is InChI=1S/C12H28P2.2BrH/c1-5-7-9-13(3)11-12-14(4)10-8-6-2;;/h5-12H2,1-4H3;2*1H. The Morgan fingerprint density at radius 3 is 1.19 bits per heavy atom. The first kappa shape index (κ1) is 23.0. The third-order valence-corrected chi connectivity index (χ3v) is 7.14. The minimum atomic E-state index is 0. The minimum absolute atomic E-state index is 0. The molecule has 0 aromatic rings. The van der Waals surface area contributed by atoms with Gasteiger partial charge in [0.15, 0.2) is 0 Å². The third-order valence-electron chi connectivity index (χ3n) is 2.65. The monoisotopic (exact) mass is 394 g/mol. The average molecular weight is 396 g/mol. The van der Waals surface area contributed by atoms with E-state index in [4.69, 9.17) is 0 Å². The smallest absolute Gasteiger partial charge is 0.0289 e. The van der Waals surface area contributed by atoms with Gasteiger partial charge in [0.25, 0.3) is 0 Å². The Bertz CT molecular complexity index is 110. The van der Waals surface area contributed by atoms with E-state index in [-0.39, 0.29) is 34.0 Å². The molecule has 0 aromatic heterocycles. The predicted molar refractivity (Wildman–Crippen MR) is 95.6 cm³/mol. The highest BCUT2D eigenvalue weighted by molar-refractivity contribution is 8.93. The molecule has 0 nitrogen and oxygen atoms in total. The normalized spacial score (nSPS) is 13.5. The van der Waals surface area contributed by atoms with Crippen LogP contribution < -0.4 is 0 Å². The van der Waals surface area contributed by atoms with Crippen LogP contribution in [0.4, 0.5) is 0 Å². The lowest BCUT2D eigenvalue weighted by atomic mass is 10.4. The average Bonchev–Trinajstić information content (AvgIpc) is 2.20. The summed E-state index contributed by atoms with van der Waals surface area (Å²) in [7, 11) is 0.765. The molecule has 0 bridgehead atoms. The quantitative estimate of drug-likeness (QED) is 0.422. The summed E-state index contributed by atoms with van der Waals surface area (Å²) in [5.74, 6) is 0. The fraction of sp³-hybridized carbons (Fsp3) is 1.00. The van der Waals surface area contributed by atoms with Gasteiger partial charge in [-0.1, -0.05) is 26.7 Å². The second kappa shape index (κ2) is 16.8. The zero-order valence-corrected chi connectivity index (χ0v) is 16.6. The van der Waals surface area contributed by atoms with Crippen molar-refractivity contribution in [3.8, 4) is 0 Å². The van der Waals surface area contributed by atoms with Crippen LogP contribution in [0.25, 0.3) is 0 Å². The maximum Gasteiger partial charge on any atom is -0.0289 e.